The second-order valence-corrected chi connectivity index (χ2v) is 7.55. The van der Waals surface area contributed by atoms with Gasteiger partial charge in [-0.1, -0.05) is 17.7 Å². The fraction of sp³-hybridized carbons (Fsp3) is 0.263. The van der Waals surface area contributed by atoms with Crippen LogP contribution in [0.4, 0.5) is 0 Å². The molecule has 0 saturated carbocycles. The van der Waals surface area contributed by atoms with Crippen LogP contribution >= 0.6 is 0 Å². The molecular weight excluding hydrogens is 386 g/mol. The summed E-state index contributed by atoms with van der Waals surface area (Å²) < 4.78 is 41.5. The van der Waals surface area contributed by atoms with Gasteiger partial charge in [0.2, 0.25) is 15.8 Å². The number of methoxy groups -OCH3 is 2. The maximum atomic E-state index is 12.3. The summed E-state index contributed by atoms with van der Waals surface area (Å²) in [6.45, 7) is 0.670. The van der Waals surface area contributed by atoms with E-state index in [9.17, 15) is 18.0 Å². The highest BCUT2D eigenvalue weighted by atomic mass is 32.2. The van der Waals surface area contributed by atoms with Gasteiger partial charge in [-0.3, -0.25) is 9.59 Å². The highest BCUT2D eigenvalue weighted by Gasteiger charge is 2.18. The average molecular weight is 407 g/mol. The summed E-state index contributed by atoms with van der Waals surface area (Å²) in [6, 6.07) is 10.8. The minimum Gasteiger partial charge on any atom is -0.497 e. The number of Topliss-reactive ketones (excluding diaryl/α,β-unsaturated/α-hetero) is 1. The van der Waals surface area contributed by atoms with Crippen LogP contribution in [0.5, 0.6) is 11.5 Å². The number of rotatable bonds is 9. The molecule has 0 aliphatic heterocycles. The molecule has 2 rings (SSSR count). The Bertz CT molecular complexity index is 953. The standard InChI is InChI=1S/C19H21NO7S/c1-13-4-7-15(8-5-13)28(23,24)20-11-19(22)27-12-17(21)16-10-14(25-2)6-9-18(16)26-3/h4-10,20H,11-12H2,1-3H3. The zero-order chi connectivity index (χ0) is 20.7. The van der Waals surface area contributed by atoms with Crippen molar-refractivity contribution in [1.29, 1.82) is 0 Å². The molecule has 0 bridgehead atoms. The molecule has 0 saturated heterocycles. The van der Waals surface area contributed by atoms with Crippen molar-refractivity contribution in [3.63, 3.8) is 0 Å². The van der Waals surface area contributed by atoms with Crippen molar-refractivity contribution in [2.24, 2.45) is 0 Å². The maximum Gasteiger partial charge on any atom is 0.321 e. The first-order valence-electron chi connectivity index (χ1n) is 8.24. The van der Waals surface area contributed by atoms with E-state index in [-0.39, 0.29) is 10.5 Å². The van der Waals surface area contributed by atoms with Gasteiger partial charge in [0.05, 0.1) is 24.7 Å². The first-order valence-corrected chi connectivity index (χ1v) is 9.72. The number of aryl methyl sites for hydroxylation is 1. The second kappa shape index (κ2) is 9.34. The van der Waals surface area contributed by atoms with Crippen molar-refractivity contribution in [1.82, 2.24) is 4.72 Å². The van der Waals surface area contributed by atoms with Crippen LogP contribution in [-0.2, 0) is 19.6 Å². The van der Waals surface area contributed by atoms with Gasteiger partial charge < -0.3 is 14.2 Å². The van der Waals surface area contributed by atoms with E-state index in [1.807, 2.05) is 6.92 Å². The Hall–Kier alpha value is -2.91. The van der Waals surface area contributed by atoms with E-state index in [1.54, 1.807) is 24.3 Å². The summed E-state index contributed by atoms with van der Waals surface area (Å²) in [4.78, 5) is 24.2. The molecular formula is C19H21NO7S. The topological polar surface area (TPSA) is 108 Å². The van der Waals surface area contributed by atoms with Gasteiger partial charge in [-0.15, -0.1) is 0 Å². The summed E-state index contributed by atoms with van der Waals surface area (Å²) in [5, 5.41) is 0. The Morgan fingerprint density at radius 1 is 1.00 bits per heavy atom. The number of benzene rings is 2. The highest BCUT2D eigenvalue weighted by Crippen LogP contribution is 2.24. The molecule has 8 nitrogen and oxygen atoms in total. The third kappa shape index (κ3) is 5.54. The van der Waals surface area contributed by atoms with Gasteiger partial charge in [0, 0.05) is 0 Å². The fourth-order valence-electron chi connectivity index (χ4n) is 2.26. The van der Waals surface area contributed by atoms with E-state index in [4.69, 9.17) is 14.2 Å². The summed E-state index contributed by atoms with van der Waals surface area (Å²) >= 11 is 0. The van der Waals surface area contributed by atoms with E-state index < -0.39 is 34.9 Å². The van der Waals surface area contributed by atoms with Crippen molar-refractivity contribution >= 4 is 21.8 Å². The maximum absolute atomic E-state index is 12.3. The molecule has 1 N–H and O–H groups in total. The molecule has 0 fully saturated rings. The third-order valence-electron chi connectivity index (χ3n) is 3.81. The molecule has 0 radical (unpaired) electrons. The lowest BCUT2D eigenvalue weighted by molar-refractivity contribution is -0.141. The van der Waals surface area contributed by atoms with E-state index >= 15 is 0 Å². The Balaban J connectivity index is 1.93. The van der Waals surface area contributed by atoms with E-state index in [2.05, 4.69) is 4.72 Å². The lowest BCUT2D eigenvalue weighted by Gasteiger charge is -2.10. The van der Waals surface area contributed by atoms with Crippen molar-refractivity contribution in [3.8, 4) is 11.5 Å². The van der Waals surface area contributed by atoms with Crippen LogP contribution in [0.2, 0.25) is 0 Å². The molecule has 28 heavy (non-hydrogen) atoms. The predicted octanol–water partition coefficient (Wildman–Crippen LogP) is 1.72. The van der Waals surface area contributed by atoms with Gasteiger partial charge in [-0.05, 0) is 37.3 Å². The monoisotopic (exact) mass is 407 g/mol. The third-order valence-corrected chi connectivity index (χ3v) is 5.23. The van der Waals surface area contributed by atoms with Crippen LogP contribution < -0.4 is 14.2 Å². The molecule has 0 aliphatic rings. The van der Waals surface area contributed by atoms with Gasteiger partial charge in [0.1, 0.15) is 18.0 Å². The average Bonchev–Trinajstić information content (AvgIpc) is 2.70. The van der Waals surface area contributed by atoms with Gasteiger partial charge in [-0.2, -0.15) is 4.72 Å². The molecule has 150 valence electrons. The molecule has 2 aromatic rings. The van der Waals surface area contributed by atoms with Crippen LogP contribution in [-0.4, -0.2) is 47.5 Å². The summed E-state index contributed by atoms with van der Waals surface area (Å²) in [5.74, 6) is -0.639. The van der Waals surface area contributed by atoms with Crippen LogP contribution in [0, 0.1) is 6.92 Å². The van der Waals surface area contributed by atoms with Gasteiger partial charge in [0.25, 0.3) is 0 Å². The van der Waals surface area contributed by atoms with Crippen LogP contribution in [0.25, 0.3) is 0 Å². The number of ketones is 1. The Labute approximate surface area is 163 Å². The normalized spacial score (nSPS) is 11.0. The first-order chi connectivity index (χ1) is 13.3. The minimum absolute atomic E-state index is 0.0306. The number of carbonyl (C=O) groups is 2. The number of hydrogen-bond donors (Lipinski definition) is 1. The largest absolute Gasteiger partial charge is 0.497 e. The van der Waals surface area contributed by atoms with Crippen LogP contribution in [0.3, 0.4) is 0 Å². The summed E-state index contributed by atoms with van der Waals surface area (Å²) in [7, 11) is -0.993. The fourth-order valence-corrected chi connectivity index (χ4v) is 3.23. The van der Waals surface area contributed by atoms with Gasteiger partial charge in [0.15, 0.2) is 6.61 Å². The van der Waals surface area contributed by atoms with E-state index in [0.717, 1.165) is 5.56 Å². The zero-order valence-electron chi connectivity index (χ0n) is 15.7. The SMILES string of the molecule is COc1ccc(OC)c(C(=O)COC(=O)CNS(=O)(=O)c2ccc(C)cc2)c1. The minimum atomic E-state index is -3.85. The van der Waals surface area contributed by atoms with E-state index in [1.165, 1.54) is 32.4 Å². The molecule has 2 aromatic carbocycles. The molecule has 0 atom stereocenters. The number of carbonyl (C=O) groups excluding carboxylic acids is 2. The van der Waals surface area contributed by atoms with Crippen molar-refractivity contribution in [2.45, 2.75) is 11.8 Å². The number of hydrogen-bond acceptors (Lipinski definition) is 7. The number of esters is 1. The number of ether oxygens (including phenoxy) is 3. The molecule has 0 aliphatic carbocycles. The smallest absolute Gasteiger partial charge is 0.321 e. The Kier molecular flexibility index (Phi) is 7.13. The molecule has 0 heterocycles. The lowest BCUT2D eigenvalue weighted by Crippen LogP contribution is -2.31. The quantitative estimate of drug-likeness (QED) is 0.498. The van der Waals surface area contributed by atoms with E-state index in [0.29, 0.717) is 11.5 Å². The molecule has 0 unspecified atom stereocenters. The predicted molar refractivity (Wildman–Crippen MR) is 101 cm³/mol. The van der Waals surface area contributed by atoms with Gasteiger partial charge >= 0.3 is 5.97 Å². The first kappa shape index (κ1) is 21.4. The van der Waals surface area contributed by atoms with Crippen molar-refractivity contribution in [3.05, 3.63) is 53.6 Å². The molecule has 9 heteroatoms. The number of sulfonamides is 1. The van der Waals surface area contributed by atoms with Crippen molar-refractivity contribution in [2.75, 3.05) is 27.4 Å². The Morgan fingerprint density at radius 3 is 2.29 bits per heavy atom. The zero-order valence-corrected chi connectivity index (χ0v) is 16.5. The highest BCUT2D eigenvalue weighted by molar-refractivity contribution is 7.89. The van der Waals surface area contributed by atoms with Crippen molar-refractivity contribution < 1.29 is 32.2 Å². The molecule has 0 aromatic heterocycles. The molecule has 0 amide bonds. The summed E-state index contributed by atoms with van der Waals surface area (Å²) in [6.07, 6.45) is 0. The van der Waals surface area contributed by atoms with Gasteiger partial charge in [-0.25, -0.2) is 8.42 Å². The second-order valence-electron chi connectivity index (χ2n) is 5.79. The lowest BCUT2D eigenvalue weighted by atomic mass is 10.1. The summed E-state index contributed by atoms with van der Waals surface area (Å²) in [5.41, 5.74) is 1.10. The molecule has 0 spiro atoms. The van der Waals surface area contributed by atoms with Crippen LogP contribution in [0.15, 0.2) is 47.4 Å². The number of nitrogens with one attached hydrogen (secondary N) is 1. The Morgan fingerprint density at radius 2 is 1.68 bits per heavy atom. The van der Waals surface area contributed by atoms with Crippen LogP contribution in [0.1, 0.15) is 15.9 Å².